The maximum absolute atomic E-state index is 13.3. The van der Waals surface area contributed by atoms with Crippen LogP contribution in [0.2, 0.25) is 0 Å². The molecule has 0 saturated carbocycles. The first kappa shape index (κ1) is 17.7. The van der Waals surface area contributed by atoms with Gasteiger partial charge in [0.15, 0.2) is 0 Å². The Bertz CT molecular complexity index is 523. The number of rotatable bonds is 3. The molecule has 0 aliphatic carbocycles. The Kier molecular flexibility index (Phi) is 5.97. The van der Waals surface area contributed by atoms with Crippen molar-refractivity contribution in [1.29, 1.82) is 0 Å². The second-order valence-electron chi connectivity index (χ2n) is 6.80. The number of nitrogens with one attached hydrogen (secondary N) is 1. The summed E-state index contributed by atoms with van der Waals surface area (Å²) in [6, 6.07) is -0.358. The quantitative estimate of drug-likeness (QED) is 0.812. The minimum atomic E-state index is -0.358. The van der Waals surface area contributed by atoms with E-state index < -0.39 is 0 Å². The number of nitrogens with zero attached hydrogens (tertiary/aromatic N) is 1. The highest BCUT2D eigenvalue weighted by atomic mass is 19.1. The molecular weight excluding hydrogens is 295 g/mol. The molecule has 2 heterocycles. The van der Waals surface area contributed by atoms with E-state index in [9.17, 15) is 14.0 Å². The fraction of sp³-hybridized carbons (Fsp3) is 0.667. The summed E-state index contributed by atoms with van der Waals surface area (Å²) in [6.45, 7) is 6.82. The molecule has 4 nitrogen and oxygen atoms in total. The van der Waals surface area contributed by atoms with Crippen molar-refractivity contribution >= 4 is 11.8 Å². The summed E-state index contributed by atoms with van der Waals surface area (Å²) in [6.07, 6.45) is 5.34. The first-order valence-corrected chi connectivity index (χ1v) is 8.47. The number of amides is 2. The molecule has 2 rings (SSSR count). The van der Waals surface area contributed by atoms with Crippen LogP contribution in [-0.2, 0) is 9.59 Å². The van der Waals surface area contributed by atoms with Gasteiger partial charge in [-0.1, -0.05) is 5.57 Å². The zero-order valence-electron chi connectivity index (χ0n) is 14.3. The van der Waals surface area contributed by atoms with Crippen molar-refractivity contribution in [2.45, 2.75) is 58.9 Å². The number of hydrogen-bond acceptors (Lipinski definition) is 2. The fourth-order valence-electron chi connectivity index (χ4n) is 3.51. The van der Waals surface area contributed by atoms with E-state index in [2.05, 4.69) is 5.32 Å². The van der Waals surface area contributed by atoms with Gasteiger partial charge >= 0.3 is 0 Å². The molecule has 0 bridgehead atoms. The molecule has 0 radical (unpaired) electrons. The number of halogens is 1. The van der Waals surface area contributed by atoms with E-state index in [1.165, 1.54) is 6.92 Å². The van der Waals surface area contributed by atoms with Crippen LogP contribution < -0.4 is 5.32 Å². The zero-order chi connectivity index (χ0) is 17.0. The van der Waals surface area contributed by atoms with Gasteiger partial charge in [-0.3, -0.25) is 9.59 Å². The molecule has 2 saturated heterocycles. The Morgan fingerprint density at radius 3 is 2.39 bits per heavy atom. The predicted octanol–water partition coefficient (Wildman–Crippen LogP) is 3.10. The van der Waals surface area contributed by atoms with E-state index in [0.29, 0.717) is 25.4 Å². The summed E-state index contributed by atoms with van der Waals surface area (Å²) >= 11 is 0. The molecule has 0 aromatic carbocycles. The lowest BCUT2D eigenvalue weighted by molar-refractivity contribution is -0.139. The maximum atomic E-state index is 13.3. The van der Waals surface area contributed by atoms with Gasteiger partial charge < -0.3 is 10.2 Å². The maximum Gasteiger partial charge on any atom is 0.245 e. The van der Waals surface area contributed by atoms with Crippen LogP contribution in [0.15, 0.2) is 23.0 Å². The Balaban J connectivity index is 1.95. The Morgan fingerprint density at radius 1 is 1.22 bits per heavy atom. The van der Waals surface area contributed by atoms with Gasteiger partial charge in [-0.25, -0.2) is 4.39 Å². The van der Waals surface area contributed by atoms with Crippen LogP contribution in [-0.4, -0.2) is 35.8 Å². The molecule has 1 N–H and O–H groups in total. The molecule has 2 fully saturated rings. The van der Waals surface area contributed by atoms with Crippen LogP contribution in [0.25, 0.3) is 0 Å². The molecule has 2 aliphatic heterocycles. The van der Waals surface area contributed by atoms with E-state index in [0.717, 1.165) is 36.8 Å². The zero-order valence-corrected chi connectivity index (χ0v) is 14.3. The smallest absolute Gasteiger partial charge is 0.245 e. The average Bonchev–Trinajstić information content (AvgIpc) is 2.52. The molecule has 0 aromatic rings. The van der Waals surface area contributed by atoms with Crippen LogP contribution >= 0.6 is 0 Å². The molecule has 128 valence electrons. The van der Waals surface area contributed by atoms with Gasteiger partial charge in [-0.15, -0.1) is 0 Å². The lowest BCUT2D eigenvalue weighted by atomic mass is 9.86. The van der Waals surface area contributed by atoms with E-state index in [-0.39, 0.29) is 23.7 Å². The van der Waals surface area contributed by atoms with Gasteiger partial charge in [-0.05, 0) is 64.0 Å². The van der Waals surface area contributed by atoms with Gasteiger partial charge in [0, 0.05) is 19.5 Å². The largest absolute Gasteiger partial charge is 0.344 e. The summed E-state index contributed by atoms with van der Waals surface area (Å²) in [5, 5.41) is 2.79. The molecule has 23 heavy (non-hydrogen) atoms. The minimum Gasteiger partial charge on any atom is -0.344 e. The SMILES string of the molecule is CC(F)=CC(=C(C)C)C1CCN(C(=O)C2CCCC(=O)N2)CC1. The normalized spacial score (nSPS) is 23.5. The van der Waals surface area contributed by atoms with Gasteiger partial charge in [0.25, 0.3) is 0 Å². The van der Waals surface area contributed by atoms with Crippen molar-refractivity contribution in [1.82, 2.24) is 10.2 Å². The van der Waals surface area contributed by atoms with E-state index in [1.54, 1.807) is 6.08 Å². The highest BCUT2D eigenvalue weighted by molar-refractivity contribution is 5.88. The first-order valence-electron chi connectivity index (χ1n) is 8.47. The lowest BCUT2D eigenvalue weighted by Gasteiger charge is -2.36. The fourth-order valence-corrected chi connectivity index (χ4v) is 3.51. The Morgan fingerprint density at radius 2 is 1.87 bits per heavy atom. The van der Waals surface area contributed by atoms with Gasteiger partial charge in [0.1, 0.15) is 6.04 Å². The summed E-state index contributed by atoms with van der Waals surface area (Å²) in [4.78, 5) is 25.8. The van der Waals surface area contributed by atoms with Gasteiger partial charge in [-0.2, -0.15) is 0 Å². The van der Waals surface area contributed by atoms with Crippen LogP contribution in [0.4, 0.5) is 4.39 Å². The molecule has 1 atom stereocenters. The van der Waals surface area contributed by atoms with Crippen molar-refractivity contribution in [2.24, 2.45) is 5.92 Å². The van der Waals surface area contributed by atoms with Gasteiger partial charge in [0.05, 0.1) is 5.83 Å². The van der Waals surface area contributed by atoms with Crippen LogP contribution in [0, 0.1) is 5.92 Å². The number of allylic oxidation sites excluding steroid dienone is 4. The highest BCUT2D eigenvalue weighted by Crippen LogP contribution is 2.29. The second-order valence-corrected chi connectivity index (χ2v) is 6.80. The molecule has 0 aromatic heterocycles. The van der Waals surface area contributed by atoms with Crippen molar-refractivity contribution in [2.75, 3.05) is 13.1 Å². The van der Waals surface area contributed by atoms with Crippen LogP contribution in [0.1, 0.15) is 52.9 Å². The Labute approximate surface area is 137 Å². The summed E-state index contributed by atoms with van der Waals surface area (Å²) in [5.74, 6) is 0.132. The van der Waals surface area contributed by atoms with E-state index in [4.69, 9.17) is 0 Å². The first-order chi connectivity index (χ1) is 10.9. The van der Waals surface area contributed by atoms with E-state index >= 15 is 0 Å². The lowest BCUT2D eigenvalue weighted by Crippen LogP contribution is -2.52. The third kappa shape index (κ3) is 4.66. The van der Waals surface area contributed by atoms with Crippen molar-refractivity contribution in [3.63, 3.8) is 0 Å². The topological polar surface area (TPSA) is 49.4 Å². The van der Waals surface area contributed by atoms with E-state index in [1.807, 2.05) is 18.7 Å². The number of piperidine rings is 2. The minimum absolute atomic E-state index is 0.0279. The summed E-state index contributed by atoms with van der Waals surface area (Å²) in [5.41, 5.74) is 2.19. The van der Waals surface area contributed by atoms with Gasteiger partial charge in [0.2, 0.25) is 11.8 Å². The van der Waals surface area contributed by atoms with Crippen LogP contribution in [0.5, 0.6) is 0 Å². The summed E-state index contributed by atoms with van der Waals surface area (Å²) in [7, 11) is 0. The monoisotopic (exact) mass is 322 g/mol. The predicted molar refractivity (Wildman–Crippen MR) is 88.3 cm³/mol. The molecule has 5 heteroatoms. The second kappa shape index (κ2) is 7.75. The number of hydrogen-bond donors (Lipinski definition) is 1. The third-order valence-electron chi connectivity index (χ3n) is 4.71. The standard InChI is InChI=1S/C18H27FN2O2/c1-12(2)15(11-13(3)19)14-7-9-21(10-8-14)18(23)16-5-4-6-17(22)20-16/h11,14,16H,4-10H2,1-3H3,(H,20,22). The third-order valence-corrected chi connectivity index (χ3v) is 4.71. The van der Waals surface area contributed by atoms with Crippen molar-refractivity contribution in [3.8, 4) is 0 Å². The average molecular weight is 322 g/mol. The molecule has 2 aliphatic rings. The number of carbonyl (C=O) groups excluding carboxylic acids is 2. The number of carbonyl (C=O) groups is 2. The summed E-state index contributed by atoms with van der Waals surface area (Å²) < 4.78 is 13.3. The highest BCUT2D eigenvalue weighted by Gasteiger charge is 2.31. The molecule has 2 amide bonds. The molecule has 0 spiro atoms. The molecule has 1 unspecified atom stereocenters. The van der Waals surface area contributed by atoms with Crippen LogP contribution in [0.3, 0.4) is 0 Å². The van der Waals surface area contributed by atoms with Crippen molar-refractivity contribution in [3.05, 3.63) is 23.0 Å². The van der Waals surface area contributed by atoms with Crippen molar-refractivity contribution < 1.29 is 14.0 Å². The molecular formula is C18H27FN2O2. The Hall–Kier alpha value is -1.65. The number of likely N-dealkylation sites (tertiary alicyclic amines) is 1.